The Morgan fingerprint density at radius 1 is 1.00 bits per heavy atom. The lowest BCUT2D eigenvalue weighted by Crippen LogP contribution is -2.43. The van der Waals surface area contributed by atoms with E-state index in [1.807, 2.05) is 44.2 Å². The molecule has 7 nitrogen and oxygen atoms in total. The number of alkyl carbamates (subject to hydrolysis) is 1. The first-order chi connectivity index (χ1) is 15.8. The minimum atomic E-state index is -0.866. The summed E-state index contributed by atoms with van der Waals surface area (Å²) in [6.45, 7) is 7.39. The van der Waals surface area contributed by atoms with Crippen LogP contribution in [0.1, 0.15) is 48.4 Å². The zero-order chi connectivity index (χ0) is 24.0. The Morgan fingerprint density at radius 2 is 1.73 bits per heavy atom. The first kappa shape index (κ1) is 24.0. The van der Waals surface area contributed by atoms with Crippen molar-refractivity contribution in [3.05, 3.63) is 75.1 Å². The van der Waals surface area contributed by atoms with E-state index < -0.39 is 23.7 Å². The van der Waals surface area contributed by atoms with Gasteiger partial charge in [-0.15, -0.1) is 0 Å². The molecule has 0 unspecified atom stereocenters. The summed E-state index contributed by atoms with van der Waals surface area (Å²) < 4.78 is 16.3. The van der Waals surface area contributed by atoms with Crippen molar-refractivity contribution in [2.24, 2.45) is 0 Å². The Hall–Kier alpha value is -3.61. The van der Waals surface area contributed by atoms with Gasteiger partial charge in [-0.1, -0.05) is 50.1 Å². The molecule has 3 rings (SSSR count). The number of carbonyl (C=O) groups is 2. The van der Waals surface area contributed by atoms with Crippen molar-refractivity contribution in [1.82, 2.24) is 5.32 Å². The minimum absolute atomic E-state index is 0.101. The van der Waals surface area contributed by atoms with E-state index in [0.717, 1.165) is 29.4 Å². The van der Waals surface area contributed by atoms with Gasteiger partial charge in [-0.3, -0.25) is 0 Å². The van der Waals surface area contributed by atoms with E-state index in [9.17, 15) is 14.4 Å². The number of fused-ring (bicyclic) bond motifs is 1. The smallest absolute Gasteiger partial charge is 0.408 e. The molecule has 0 aliphatic carbocycles. The van der Waals surface area contributed by atoms with Crippen LogP contribution in [-0.2, 0) is 16.1 Å². The fourth-order valence-electron chi connectivity index (χ4n) is 3.48. The molecule has 174 valence electrons. The lowest BCUT2D eigenvalue weighted by atomic mass is 10.0. The van der Waals surface area contributed by atoms with Crippen molar-refractivity contribution in [1.29, 1.82) is 0 Å². The number of rotatable bonds is 8. The van der Waals surface area contributed by atoms with Crippen LogP contribution in [0.15, 0.2) is 51.7 Å². The molecule has 7 heteroatoms. The summed E-state index contributed by atoms with van der Waals surface area (Å²) >= 11 is 0. The third kappa shape index (κ3) is 5.80. The Bertz CT molecular complexity index is 1200. The fourth-order valence-corrected chi connectivity index (χ4v) is 3.48. The van der Waals surface area contributed by atoms with Crippen LogP contribution in [-0.4, -0.2) is 18.1 Å². The van der Waals surface area contributed by atoms with Crippen LogP contribution in [0.5, 0.6) is 5.75 Å². The highest BCUT2D eigenvalue weighted by Crippen LogP contribution is 2.29. The van der Waals surface area contributed by atoms with Gasteiger partial charge in [0.15, 0.2) is 0 Å². The summed E-state index contributed by atoms with van der Waals surface area (Å²) in [6.07, 6.45) is 1.30. The van der Waals surface area contributed by atoms with Crippen LogP contribution in [0.3, 0.4) is 0 Å². The molecule has 0 radical (unpaired) electrons. The zero-order valence-electron chi connectivity index (χ0n) is 19.4. The van der Waals surface area contributed by atoms with Crippen molar-refractivity contribution < 1.29 is 23.5 Å². The van der Waals surface area contributed by atoms with Gasteiger partial charge in [-0.2, -0.15) is 0 Å². The van der Waals surface area contributed by atoms with Crippen LogP contribution < -0.4 is 15.7 Å². The normalized spacial score (nSPS) is 11.8. The molecule has 1 atom stereocenters. The molecule has 0 spiro atoms. The third-order valence-corrected chi connectivity index (χ3v) is 5.67. The van der Waals surface area contributed by atoms with Crippen LogP contribution in [0.2, 0.25) is 0 Å². The SMILES string of the molecule is CCCC[C@H](NC(=O)OCc1ccccc1)C(=O)Oc1ccc2c(C)c(C)c(=O)oc2c1C. The second kappa shape index (κ2) is 10.8. The standard InChI is InChI=1S/C26H29NO6/c1-5-6-12-21(27-26(30)31-15-19-10-8-7-9-11-19)25(29)32-22-14-13-20-16(2)17(3)24(28)33-23(20)18(22)4/h7-11,13-14,21H,5-6,12,15H2,1-4H3,(H,27,30)/t21-/m0/s1. The molecule has 0 fully saturated rings. The number of esters is 1. The number of hydrogen-bond donors (Lipinski definition) is 1. The van der Waals surface area contributed by atoms with Gasteiger partial charge in [0.1, 0.15) is 24.0 Å². The first-order valence-electron chi connectivity index (χ1n) is 11.0. The van der Waals surface area contributed by atoms with Gasteiger partial charge in [0, 0.05) is 16.5 Å². The third-order valence-electron chi connectivity index (χ3n) is 5.67. The Kier molecular flexibility index (Phi) is 7.87. The highest BCUT2D eigenvalue weighted by Gasteiger charge is 2.24. The van der Waals surface area contributed by atoms with E-state index in [0.29, 0.717) is 23.1 Å². The van der Waals surface area contributed by atoms with Crippen molar-refractivity contribution in [2.45, 2.75) is 59.6 Å². The van der Waals surface area contributed by atoms with Gasteiger partial charge in [-0.25, -0.2) is 14.4 Å². The Morgan fingerprint density at radius 3 is 2.42 bits per heavy atom. The number of nitrogens with one attached hydrogen (secondary N) is 1. The first-order valence-corrected chi connectivity index (χ1v) is 11.0. The van der Waals surface area contributed by atoms with Crippen molar-refractivity contribution >= 4 is 23.0 Å². The predicted molar refractivity (Wildman–Crippen MR) is 125 cm³/mol. The zero-order valence-corrected chi connectivity index (χ0v) is 19.4. The average Bonchev–Trinajstić information content (AvgIpc) is 2.81. The number of benzene rings is 2. The van der Waals surface area contributed by atoms with E-state index in [4.69, 9.17) is 13.9 Å². The average molecular weight is 452 g/mol. The number of aryl methyl sites for hydroxylation is 2. The molecule has 1 heterocycles. The molecule has 1 aromatic heterocycles. The molecule has 0 saturated carbocycles. The molecule has 1 amide bonds. The molecule has 1 N–H and O–H groups in total. The summed E-state index contributed by atoms with van der Waals surface area (Å²) in [4.78, 5) is 37.3. The molecule has 0 saturated heterocycles. The van der Waals surface area contributed by atoms with E-state index in [1.165, 1.54) is 0 Å². The highest BCUT2D eigenvalue weighted by atomic mass is 16.6. The van der Waals surface area contributed by atoms with E-state index in [1.54, 1.807) is 26.0 Å². The monoisotopic (exact) mass is 451 g/mol. The van der Waals surface area contributed by atoms with Crippen molar-refractivity contribution in [2.75, 3.05) is 0 Å². The molecule has 33 heavy (non-hydrogen) atoms. The van der Waals surface area contributed by atoms with E-state index in [2.05, 4.69) is 5.32 Å². The topological polar surface area (TPSA) is 94.8 Å². The van der Waals surface area contributed by atoms with E-state index in [-0.39, 0.29) is 12.4 Å². The number of amides is 1. The van der Waals surface area contributed by atoms with Gasteiger partial charge in [0.25, 0.3) is 0 Å². The lowest BCUT2D eigenvalue weighted by Gasteiger charge is -2.18. The Labute approximate surface area is 192 Å². The summed E-state index contributed by atoms with van der Waals surface area (Å²) in [7, 11) is 0. The lowest BCUT2D eigenvalue weighted by molar-refractivity contribution is -0.136. The van der Waals surface area contributed by atoms with Crippen LogP contribution in [0.25, 0.3) is 11.0 Å². The Balaban J connectivity index is 1.74. The van der Waals surface area contributed by atoms with Crippen molar-refractivity contribution in [3.63, 3.8) is 0 Å². The van der Waals surface area contributed by atoms with Crippen LogP contribution in [0, 0.1) is 20.8 Å². The van der Waals surface area contributed by atoms with Crippen LogP contribution >= 0.6 is 0 Å². The van der Waals surface area contributed by atoms with Gasteiger partial charge in [-0.05, 0) is 50.5 Å². The maximum Gasteiger partial charge on any atom is 0.408 e. The summed E-state index contributed by atoms with van der Waals surface area (Å²) in [6, 6.07) is 11.9. The number of unbranched alkanes of at least 4 members (excludes halogenated alkanes) is 1. The van der Waals surface area contributed by atoms with Gasteiger partial charge in [0.2, 0.25) is 0 Å². The minimum Gasteiger partial charge on any atom is -0.445 e. The van der Waals surface area contributed by atoms with Gasteiger partial charge in [0.05, 0.1) is 0 Å². The quantitative estimate of drug-likeness (QED) is 0.291. The number of ether oxygens (including phenoxy) is 2. The second-order valence-corrected chi connectivity index (χ2v) is 8.03. The molecule has 3 aromatic rings. The largest absolute Gasteiger partial charge is 0.445 e. The summed E-state index contributed by atoms with van der Waals surface area (Å²) in [5.41, 5.74) is 2.72. The van der Waals surface area contributed by atoms with Crippen molar-refractivity contribution in [3.8, 4) is 5.75 Å². The second-order valence-electron chi connectivity index (χ2n) is 8.03. The highest BCUT2D eigenvalue weighted by molar-refractivity contribution is 5.88. The van der Waals surface area contributed by atoms with E-state index >= 15 is 0 Å². The molecule has 0 aliphatic heterocycles. The maximum atomic E-state index is 12.9. The molecule has 0 aliphatic rings. The number of carbonyl (C=O) groups excluding carboxylic acids is 2. The summed E-state index contributed by atoms with van der Waals surface area (Å²) in [5, 5.41) is 3.40. The molecular weight excluding hydrogens is 422 g/mol. The molecule has 2 aromatic carbocycles. The number of hydrogen-bond acceptors (Lipinski definition) is 6. The molecule has 0 bridgehead atoms. The van der Waals surface area contributed by atoms with Gasteiger partial charge >= 0.3 is 17.7 Å². The maximum absolute atomic E-state index is 12.9. The summed E-state index contributed by atoms with van der Waals surface area (Å²) in [5.74, 6) is -0.325. The molecular formula is C26H29NO6. The van der Waals surface area contributed by atoms with Crippen LogP contribution in [0.4, 0.5) is 4.79 Å². The predicted octanol–water partition coefficient (Wildman–Crippen LogP) is 5.11. The van der Waals surface area contributed by atoms with Gasteiger partial charge < -0.3 is 19.2 Å². The fraction of sp³-hybridized carbons (Fsp3) is 0.346.